The van der Waals surface area contributed by atoms with Gasteiger partial charge in [-0.2, -0.15) is 0 Å². The second-order valence-electron chi connectivity index (χ2n) is 14.1. The molecule has 10 nitrogen and oxygen atoms in total. The molecule has 2 amide bonds. The van der Waals surface area contributed by atoms with Crippen LogP contribution in [-0.4, -0.2) is 58.0 Å². The van der Waals surface area contributed by atoms with Crippen LogP contribution >= 0.6 is 45.9 Å². The number of ketones is 1. The van der Waals surface area contributed by atoms with Crippen molar-refractivity contribution in [2.45, 2.75) is 45.0 Å². The van der Waals surface area contributed by atoms with E-state index >= 15 is 0 Å². The molecule has 60 heavy (non-hydrogen) atoms. The number of pyridine rings is 2. The van der Waals surface area contributed by atoms with Crippen molar-refractivity contribution in [3.8, 4) is 32.4 Å². The number of fused-ring (bicyclic) bond motifs is 2. The number of amides is 2. The van der Waals surface area contributed by atoms with Crippen LogP contribution in [-0.2, 0) is 22.4 Å². The highest BCUT2D eigenvalue weighted by Crippen LogP contribution is 2.43. The van der Waals surface area contributed by atoms with Crippen molar-refractivity contribution in [1.82, 2.24) is 20.6 Å². The number of hydrogen-bond acceptors (Lipinski definition) is 10. The molecule has 4 aromatic heterocycles. The van der Waals surface area contributed by atoms with Gasteiger partial charge in [0, 0.05) is 75.5 Å². The van der Waals surface area contributed by atoms with E-state index in [9.17, 15) is 19.5 Å². The maximum absolute atomic E-state index is 12.1. The van der Waals surface area contributed by atoms with Crippen molar-refractivity contribution < 1.29 is 29.0 Å². The number of aromatic nitrogens is 2. The van der Waals surface area contributed by atoms with E-state index in [0.717, 1.165) is 52.9 Å². The molecule has 3 N–H and O–H groups in total. The van der Waals surface area contributed by atoms with Crippen LogP contribution in [0.2, 0.25) is 10.0 Å². The Morgan fingerprint density at radius 2 is 1.27 bits per heavy atom. The Bertz CT molecular complexity index is 2560. The number of carbonyl (C=O) groups is 3. The topological polar surface area (TPSA) is 140 Å². The van der Waals surface area contributed by atoms with E-state index in [-0.39, 0.29) is 29.8 Å². The smallest absolute Gasteiger partial charge is 0.244 e. The molecule has 0 bridgehead atoms. The minimum atomic E-state index is -0.489. The van der Waals surface area contributed by atoms with E-state index < -0.39 is 6.10 Å². The van der Waals surface area contributed by atoms with E-state index in [1.165, 1.54) is 23.5 Å². The fraction of sp³-hybridized carbons (Fsp3) is 0.196. The van der Waals surface area contributed by atoms with Gasteiger partial charge in [0.25, 0.3) is 0 Å². The number of ether oxygens (including phenoxy) is 2. The quantitative estimate of drug-likeness (QED) is 0.0817. The van der Waals surface area contributed by atoms with Gasteiger partial charge in [0.1, 0.15) is 23.7 Å². The number of benzene rings is 2. The fourth-order valence-electron chi connectivity index (χ4n) is 6.54. The molecule has 0 saturated carbocycles. The van der Waals surface area contributed by atoms with Gasteiger partial charge < -0.3 is 25.2 Å². The molecular formula is C46H40Cl2N4O6S2. The molecule has 0 aliphatic carbocycles. The Morgan fingerprint density at radius 1 is 0.767 bits per heavy atom. The van der Waals surface area contributed by atoms with Gasteiger partial charge in [-0.1, -0.05) is 35.3 Å². The maximum atomic E-state index is 12.1. The minimum absolute atomic E-state index is 0.0511. The van der Waals surface area contributed by atoms with Crippen LogP contribution in [0.25, 0.3) is 33.0 Å². The predicted molar refractivity (Wildman–Crippen MR) is 239 cm³/mol. The summed E-state index contributed by atoms with van der Waals surface area (Å²) in [4.78, 5) is 47.4. The molecule has 6 heterocycles. The number of nitrogens with zero attached hydrogens (tertiary/aromatic N) is 2. The predicted octanol–water partition coefficient (Wildman–Crippen LogP) is 9.45. The molecule has 3 atom stereocenters. The van der Waals surface area contributed by atoms with Crippen molar-refractivity contribution >= 4 is 75.6 Å². The van der Waals surface area contributed by atoms with Gasteiger partial charge >= 0.3 is 0 Å². The van der Waals surface area contributed by atoms with E-state index in [1.54, 1.807) is 62.1 Å². The summed E-state index contributed by atoms with van der Waals surface area (Å²) in [5.41, 5.74) is 5.71. The Hall–Kier alpha value is -5.63. The number of nitrogens with one attached hydrogen (secondary N) is 2. The lowest BCUT2D eigenvalue weighted by Gasteiger charge is -2.11. The summed E-state index contributed by atoms with van der Waals surface area (Å²) in [6.45, 7) is 4.08. The molecule has 2 aliphatic heterocycles. The third-order valence-corrected chi connectivity index (χ3v) is 12.6. The Balaban J connectivity index is 0.000000181. The molecule has 6 aromatic rings. The number of rotatable bonds is 12. The van der Waals surface area contributed by atoms with Gasteiger partial charge in [0.2, 0.25) is 11.8 Å². The molecule has 14 heteroatoms. The zero-order valence-electron chi connectivity index (χ0n) is 32.6. The fourth-order valence-corrected chi connectivity index (χ4v) is 8.93. The summed E-state index contributed by atoms with van der Waals surface area (Å²) in [6.07, 6.45) is 13.6. The highest BCUT2D eigenvalue weighted by atomic mass is 35.5. The lowest BCUT2D eigenvalue weighted by molar-refractivity contribution is -0.117. The van der Waals surface area contributed by atoms with E-state index in [1.807, 2.05) is 66.7 Å². The van der Waals surface area contributed by atoms with Crippen molar-refractivity contribution in [3.05, 3.63) is 152 Å². The molecule has 0 spiro atoms. The molecule has 0 radical (unpaired) electrons. The zero-order chi connectivity index (χ0) is 42.2. The monoisotopic (exact) mass is 878 g/mol. The zero-order valence-corrected chi connectivity index (χ0v) is 35.7. The van der Waals surface area contributed by atoms with Gasteiger partial charge in [-0.25, -0.2) is 0 Å². The third kappa shape index (κ3) is 10.9. The van der Waals surface area contributed by atoms with Gasteiger partial charge in [-0.05, 0) is 109 Å². The first-order chi connectivity index (χ1) is 29.0. The second-order valence-corrected chi connectivity index (χ2v) is 17.1. The van der Waals surface area contributed by atoms with E-state index in [0.29, 0.717) is 47.5 Å². The maximum Gasteiger partial charge on any atom is 0.244 e. The van der Waals surface area contributed by atoms with Crippen LogP contribution in [0.1, 0.15) is 56.8 Å². The third-order valence-electron chi connectivity index (χ3n) is 9.50. The number of hydrogen-bond donors (Lipinski definition) is 3. The number of Topliss-reactive ketones (excluding diaryl/α,β-unsaturated/α-hetero) is 1. The van der Waals surface area contributed by atoms with Crippen molar-refractivity contribution in [2.24, 2.45) is 0 Å². The Labute approximate surface area is 365 Å². The van der Waals surface area contributed by atoms with Crippen LogP contribution in [0, 0.1) is 0 Å². The van der Waals surface area contributed by atoms with Gasteiger partial charge in [-0.3, -0.25) is 24.4 Å². The first-order valence-electron chi connectivity index (χ1n) is 19.1. The molecule has 8 rings (SSSR count). The lowest BCUT2D eigenvalue weighted by Crippen LogP contribution is -2.33. The lowest BCUT2D eigenvalue weighted by atomic mass is 10.1. The summed E-state index contributed by atoms with van der Waals surface area (Å²) < 4.78 is 11.9. The summed E-state index contributed by atoms with van der Waals surface area (Å²) in [5, 5.41) is 16.6. The van der Waals surface area contributed by atoms with Crippen molar-refractivity contribution in [1.29, 1.82) is 0 Å². The standard InChI is InChI=1S/C23H21ClN2O3S.C23H19ClN2O3S/c2*1-14(27)20-5-6-21(30-20)16-9-17-10-18(29-23(17)19(24)11-16)13-26-22(28)7-4-15-3-2-8-25-12-15/h2-9,11-12,14,18,27H,10,13H2,1H3,(H,26,28);2-9,11-12,18H,10,13H2,1H3,(H,26,28)/b2*7-4+. The Kier molecular flexibility index (Phi) is 13.9. The summed E-state index contributed by atoms with van der Waals surface area (Å²) >= 11 is 15.9. The number of aliphatic hydroxyl groups excluding tert-OH is 1. The number of halogens is 2. The SMILES string of the molecule is CC(=O)c1ccc(-c2cc(Cl)c3c(c2)CC(CNC(=O)/C=C/c2cccnc2)O3)s1.CC(O)c1ccc(-c2cc(Cl)c3c(c2)CC(CNC(=O)/C=C/c2cccnc2)O3)s1. The van der Waals surface area contributed by atoms with Crippen molar-refractivity contribution in [2.75, 3.05) is 13.1 Å². The normalized spacial score (nSPS) is 15.7. The number of thiophene rings is 2. The van der Waals surface area contributed by atoms with E-state index in [4.69, 9.17) is 32.7 Å². The molecule has 3 unspecified atom stereocenters. The van der Waals surface area contributed by atoms with Gasteiger partial charge in [0.05, 0.1) is 34.1 Å². The first-order valence-corrected chi connectivity index (χ1v) is 21.5. The number of aliphatic hydroxyl groups is 1. The molecular weight excluding hydrogens is 840 g/mol. The van der Waals surface area contributed by atoms with Crippen LogP contribution in [0.15, 0.2) is 110 Å². The molecule has 2 aromatic carbocycles. The largest absolute Gasteiger partial charge is 0.486 e. The molecule has 0 fully saturated rings. The average molecular weight is 880 g/mol. The highest BCUT2D eigenvalue weighted by Gasteiger charge is 2.28. The second kappa shape index (κ2) is 19.6. The highest BCUT2D eigenvalue weighted by molar-refractivity contribution is 7.17. The first kappa shape index (κ1) is 42.5. The summed E-state index contributed by atoms with van der Waals surface area (Å²) in [6, 6.07) is 22.9. The van der Waals surface area contributed by atoms with Crippen molar-refractivity contribution in [3.63, 3.8) is 0 Å². The van der Waals surface area contributed by atoms with Crippen LogP contribution in [0.4, 0.5) is 0 Å². The van der Waals surface area contributed by atoms with Crippen LogP contribution < -0.4 is 20.1 Å². The molecule has 0 saturated heterocycles. The average Bonchev–Trinajstić information content (AvgIpc) is 4.08. The van der Waals surface area contributed by atoms with Gasteiger partial charge in [0.15, 0.2) is 5.78 Å². The molecule has 306 valence electrons. The minimum Gasteiger partial charge on any atom is -0.486 e. The molecule has 2 aliphatic rings. The van der Waals surface area contributed by atoms with Crippen LogP contribution in [0.3, 0.4) is 0 Å². The van der Waals surface area contributed by atoms with E-state index in [2.05, 4.69) is 26.7 Å². The number of carbonyl (C=O) groups excluding carboxylic acids is 3. The van der Waals surface area contributed by atoms with Crippen LogP contribution in [0.5, 0.6) is 11.5 Å². The Morgan fingerprint density at radius 3 is 1.70 bits per heavy atom. The summed E-state index contributed by atoms with van der Waals surface area (Å²) in [5.74, 6) is 1.01. The van der Waals surface area contributed by atoms with Gasteiger partial charge in [-0.15, -0.1) is 22.7 Å². The summed E-state index contributed by atoms with van der Waals surface area (Å²) in [7, 11) is 0.